The maximum Gasteiger partial charge on any atom is 0.0485 e. The zero-order chi connectivity index (χ0) is 11.3. The Morgan fingerprint density at radius 3 is 2.35 bits per heavy atom. The van der Waals surface area contributed by atoms with Gasteiger partial charge in [0.15, 0.2) is 0 Å². The second-order valence-electron chi connectivity index (χ2n) is 5.21. The first kappa shape index (κ1) is 9.29. The molecule has 2 aliphatic rings. The van der Waals surface area contributed by atoms with Crippen molar-refractivity contribution in [2.45, 2.75) is 24.3 Å². The van der Waals surface area contributed by atoms with Crippen molar-refractivity contribution in [1.82, 2.24) is 0 Å². The predicted molar refractivity (Wildman–Crippen MR) is 70.3 cm³/mol. The van der Waals surface area contributed by atoms with Gasteiger partial charge in [0.2, 0.25) is 0 Å². The van der Waals surface area contributed by atoms with Crippen molar-refractivity contribution in [2.24, 2.45) is 0 Å². The summed E-state index contributed by atoms with van der Waals surface area (Å²) in [6.45, 7) is 0. The number of fused-ring (bicyclic) bond motifs is 1. The minimum atomic E-state index is 0.324. The molecule has 2 aromatic carbocycles. The summed E-state index contributed by atoms with van der Waals surface area (Å²) in [7, 11) is 0. The Morgan fingerprint density at radius 2 is 1.59 bits per heavy atom. The molecule has 0 aromatic heterocycles. The minimum absolute atomic E-state index is 0.324. The lowest BCUT2D eigenvalue weighted by atomic mass is 9.86. The lowest BCUT2D eigenvalue weighted by molar-refractivity contribution is 0.669. The van der Waals surface area contributed by atoms with Gasteiger partial charge in [-0.3, -0.25) is 0 Å². The molecule has 84 valence electrons. The average Bonchev–Trinajstić information content (AvgIpc) is 3.05. The molecule has 0 bridgehead atoms. The normalized spacial score (nSPS) is 23.2. The highest BCUT2D eigenvalue weighted by Crippen LogP contribution is 2.58. The number of rotatable bonds is 1. The van der Waals surface area contributed by atoms with Gasteiger partial charge in [-0.25, -0.2) is 0 Å². The van der Waals surface area contributed by atoms with Crippen molar-refractivity contribution in [3.05, 3.63) is 65.7 Å². The fourth-order valence-corrected chi connectivity index (χ4v) is 3.19. The fourth-order valence-electron chi connectivity index (χ4n) is 3.19. The first-order valence-corrected chi connectivity index (χ1v) is 6.31. The molecular formula is C16H15N. The van der Waals surface area contributed by atoms with Gasteiger partial charge in [-0.2, -0.15) is 0 Å². The van der Waals surface area contributed by atoms with Crippen molar-refractivity contribution >= 4 is 5.69 Å². The third-order valence-corrected chi connectivity index (χ3v) is 4.13. The fraction of sp³-hybridized carbons (Fsp3) is 0.250. The molecule has 2 aromatic rings. The van der Waals surface area contributed by atoms with Crippen LogP contribution in [0.2, 0.25) is 0 Å². The lowest BCUT2D eigenvalue weighted by Crippen LogP contribution is -2.22. The van der Waals surface area contributed by atoms with Gasteiger partial charge in [-0.1, -0.05) is 48.5 Å². The molecular weight excluding hydrogens is 206 g/mol. The summed E-state index contributed by atoms with van der Waals surface area (Å²) in [6.07, 6.45) is 2.59. The highest BCUT2D eigenvalue weighted by atomic mass is 15.1. The van der Waals surface area contributed by atoms with Crippen molar-refractivity contribution < 1.29 is 0 Å². The van der Waals surface area contributed by atoms with Gasteiger partial charge in [0.05, 0.1) is 0 Å². The van der Waals surface area contributed by atoms with Gasteiger partial charge in [-0.05, 0) is 30.0 Å². The number of hydrogen-bond donors (Lipinski definition) is 1. The van der Waals surface area contributed by atoms with Crippen LogP contribution >= 0.6 is 0 Å². The highest BCUT2D eigenvalue weighted by molar-refractivity contribution is 5.66. The number of nitrogens with one attached hydrogen (secondary N) is 1. The van der Waals surface area contributed by atoms with Crippen LogP contribution in [0.5, 0.6) is 0 Å². The van der Waals surface area contributed by atoms with Gasteiger partial charge >= 0.3 is 0 Å². The van der Waals surface area contributed by atoms with Gasteiger partial charge < -0.3 is 5.32 Å². The minimum Gasteiger partial charge on any atom is -0.378 e. The molecule has 0 radical (unpaired) electrons. The average molecular weight is 221 g/mol. The Bertz CT molecular complexity index is 555. The molecule has 17 heavy (non-hydrogen) atoms. The second-order valence-corrected chi connectivity index (χ2v) is 5.21. The van der Waals surface area contributed by atoms with Crippen LogP contribution in [0.25, 0.3) is 0 Å². The number of benzene rings is 2. The predicted octanol–water partition coefficient (Wildman–Crippen LogP) is 3.78. The molecule has 1 nitrogen and oxygen atoms in total. The van der Waals surface area contributed by atoms with Gasteiger partial charge in [-0.15, -0.1) is 0 Å². The van der Waals surface area contributed by atoms with E-state index in [0.717, 1.165) is 0 Å². The third kappa shape index (κ3) is 1.25. The summed E-state index contributed by atoms with van der Waals surface area (Å²) in [4.78, 5) is 0. The van der Waals surface area contributed by atoms with E-state index in [-0.39, 0.29) is 0 Å². The Labute approximate surface area is 101 Å². The summed E-state index contributed by atoms with van der Waals surface area (Å²) in [5.74, 6) is 0.542. The monoisotopic (exact) mass is 221 g/mol. The van der Waals surface area contributed by atoms with E-state index in [1.54, 1.807) is 0 Å². The summed E-state index contributed by atoms with van der Waals surface area (Å²) in [6, 6.07) is 19.7. The van der Waals surface area contributed by atoms with Crippen molar-refractivity contribution in [3.8, 4) is 0 Å². The smallest absolute Gasteiger partial charge is 0.0485 e. The second kappa shape index (κ2) is 3.13. The van der Waals surface area contributed by atoms with Gasteiger partial charge in [0.1, 0.15) is 0 Å². The summed E-state index contributed by atoms with van der Waals surface area (Å²) in [5.41, 5.74) is 4.57. The van der Waals surface area contributed by atoms with E-state index in [4.69, 9.17) is 0 Å². The van der Waals surface area contributed by atoms with E-state index >= 15 is 0 Å². The van der Waals surface area contributed by atoms with Crippen LogP contribution in [-0.2, 0) is 0 Å². The van der Waals surface area contributed by atoms with Crippen molar-refractivity contribution in [2.75, 3.05) is 5.32 Å². The maximum absolute atomic E-state index is 3.73. The maximum atomic E-state index is 3.73. The van der Waals surface area contributed by atoms with Crippen LogP contribution in [0, 0.1) is 0 Å². The summed E-state index contributed by atoms with van der Waals surface area (Å²) < 4.78 is 0. The molecule has 1 aliphatic heterocycles. The molecule has 1 unspecified atom stereocenters. The molecule has 1 N–H and O–H groups in total. The zero-order valence-electron chi connectivity index (χ0n) is 9.69. The molecule has 1 fully saturated rings. The SMILES string of the molecule is c1ccc(C2c3ccccc3NC23CC3)cc1. The Hall–Kier alpha value is -1.76. The van der Waals surface area contributed by atoms with Crippen molar-refractivity contribution in [3.63, 3.8) is 0 Å². The van der Waals surface area contributed by atoms with E-state index in [0.29, 0.717) is 11.5 Å². The molecule has 4 rings (SSSR count). The summed E-state index contributed by atoms with van der Waals surface area (Å²) >= 11 is 0. The number of anilines is 1. The Morgan fingerprint density at radius 1 is 0.882 bits per heavy atom. The standard InChI is InChI=1S/C16H15N/c1-2-6-12(7-3-1)15-13-8-4-5-9-14(13)17-16(15)10-11-16/h1-9,15,17H,10-11H2. The van der Waals surface area contributed by atoms with Crippen molar-refractivity contribution in [1.29, 1.82) is 0 Å². The first-order chi connectivity index (χ1) is 8.39. The van der Waals surface area contributed by atoms with Gasteiger partial charge in [0, 0.05) is 17.1 Å². The largest absolute Gasteiger partial charge is 0.378 e. The van der Waals surface area contributed by atoms with E-state index in [1.165, 1.54) is 29.7 Å². The van der Waals surface area contributed by atoms with E-state index in [9.17, 15) is 0 Å². The molecule has 1 saturated carbocycles. The van der Waals surface area contributed by atoms with E-state index in [2.05, 4.69) is 59.9 Å². The van der Waals surface area contributed by atoms with E-state index < -0.39 is 0 Å². The Kier molecular flexibility index (Phi) is 1.71. The topological polar surface area (TPSA) is 12.0 Å². The lowest BCUT2D eigenvalue weighted by Gasteiger charge is -2.19. The van der Waals surface area contributed by atoms with Crippen LogP contribution in [0.1, 0.15) is 29.9 Å². The van der Waals surface area contributed by atoms with Gasteiger partial charge in [0.25, 0.3) is 0 Å². The van der Waals surface area contributed by atoms with Crippen LogP contribution in [0.15, 0.2) is 54.6 Å². The third-order valence-electron chi connectivity index (χ3n) is 4.13. The van der Waals surface area contributed by atoms with Crippen LogP contribution < -0.4 is 5.32 Å². The molecule has 0 amide bonds. The zero-order valence-corrected chi connectivity index (χ0v) is 9.69. The molecule has 0 saturated heterocycles. The van der Waals surface area contributed by atoms with Crippen LogP contribution in [0.3, 0.4) is 0 Å². The highest BCUT2D eigenvalue weighted by Gasteiger charge is 2.54. The molecule has 1 spiro atoms. The Balaban J connectivity index is 1.89. The quantitative estimate of drug-likeness (QED) is 0.772. The molecule has 1 heteroatoms. The number of para-hydroxylation sites is 1. The molecule has 1 aliphatic carbocycles. The number of hydrogen-bond acceptors (Lipinski definition) is 1. The molecule has 1 atom stereocenters. The van der Waals surface area contributed by atoms with Crippen LogP contribution in [0.4, 0.5) is 5.69 Å². The van der Waals surface area contributed by atoms with Crippen LogP contribution in [-0.4, -0.2) is 5.54 Å². The molecule has 1 heterocycles. The summed E-state index contributed by atoms with van der Waals surface area (Å²) in [5, 5.41) is 3.73. The van der Waals surface area contributed by atoms with E-state index in [1.807, 2.05) is 0 Å². The first-order valence-electron chi connectivity index (χ1n) is 6.31.